The summed E-state index contributed by atoms with van der Waals surface area (Å²) in [5.74, 6) is 0.843. The Kier molecular flexibility index (Phi) is 3.12. The van der Waals surface area contributed by atoms with Crippen LogP contribution in [0.3, 0.4) is 0 Å². The summed E-state index contributed by atoms with van der Waals surface area (Å²) in [5.41, 5.74) is 0. The number of nitrogens with one attached hydrogen (secondary N) is 1. The molecule has 1 aromatic rings. The lowest BCUT2D eigenvalue weighted by Crippen LogP contribution is -2.11. The molecule has 0 radical (unpaired) electrons. The number of nitrogens with zero attached hydrogens (tertiary/aromatic N) is 3. The smallest absolute Gasteiger partial charge is 0.225 e. The third-order valence-electron chi connectivity index (χ3n) is 1.95. The van der Waals surface area contributed by atoms with E-state index in [0.29, 0.717) is 5.25 Å². The van der Waals surface area contributed by atoms with Crippen molar-refractivity contribution in [3.63, 3.8) is 0 Å². The largest absolute Gasteiger partial charge is 0.351 e. The zero-order valence-corrected chi connectivity index (χ0v) is 10.0. The molecule has 0 fully saturated rings. The first-order valence-corrected chi connectivity index (χ1v) is 6.36. The number of rotatable bonds is 4. The van der Waals surface area contributed by atoms with Gasteiger partial charge in [0.1, 0.15) is 0 Å². The van der Waals surface area contributed by atoms with E-state index in [1.807, 2.05) is 6.08 Å². The molecule has 1 atom stereocenters. The van der Waals surface area contributed by atoms with Crippen molar-refractivity contribution in [3.05, 3.63) is 12.7 Å². The first kappa shape index (κ1) is 10.0. The van der Waals surface area contributed by atoms with Crippen LogP contribution in [0.2, 0.25) is 0 Å². The van der Waals surface area contributed by atoms with E-state index in [1.165, 1.54) is 0 Å². The predicted molar refractivity (Wildman–Crippen MR) is 62.1 cm³/mol. The Morgan fingerprint density at radius 2 is 2.57 bits per heavy atom. The van der Waals surface area contributed by atoms with Crippen LogP contribution in [0.25, 0.3) is 0 Å². The van der Waals surface area contributed by atoms with Gasteiger partial charge in [-0.1, -0.05) is 33.8 Å². The molecular weight excluding hydrogens is 264 g/mol. The van der Waals surface area contributed by atoms with Crippen molar-refractivity contribution >= 4 is 33.6 Å². The molecule has 0 bridgehead atoms. The van der Waals surface area contributed by atoms with Gasteiger partial charge in [-0.15, -0.1) is 16.8 Å². The molecule has 14 heavy (non-hydrogen) atoms. The van der Waals surface area contributed by atoms with E-state index < -0.39 is 0 Å². The summed E-state index contributed by atoms with van der Waals surface area (Å²) in [5, 5.41) is 13.9. The lowest BCUT2D eigenvalue weighted by Gasteiger charge is -2.05. The Balaban J connectivity index is 2.10. The molecule has 6 heteroatoms. The van der Waals surface area contributed by atoms with E-state index in [4.69, 9.17) is 0 Å². The molecule has 0 amide bonds. The number of halogens is 1. The highest BCUT2D eigenvalue weighted by atomic mass is 79.9. The minimum atomic E-state index is 0.574. The van der Waals surface area contributed by atoms with Crippen molar-refractivity contribution < 1.29 is 0 Å². The number of fused-ring (bicyclic) bond motifs is 1. The van der Waals surface area contributed by atoms with Crippen LogP contribution in [0.5, 0.6) is 0 Å². The second kappa shape index (κ2) is 4.35. The molecule has 0 saturated heterocycles. The molecule has 1 aromatic heterocycles. The fourth-order valence-electron chi connectivity index (χ4n) is 1.30. The van der Waals surface area contributed by atoms with Gasteiger partial charge in [0.05, 0.1) is 0 Å². The SMILES string of the molecule is C=CCNc1nnc2n1C[C@@H](CBr)S2. The molecule has 1 aliphatic rings. The molecule has 4 nitrogen and oxygen atoms in total. The molecule has 0 aliphatic carbocycles. The van der Waals surface area contributed by atoms with Gasteiger partial charge in [-0.25, -0.2) is 0 Å². The highest BCUT2D eigenvalue weighted by molar-refractivity contribution is 9.09. The van der Waals surface area contributed by atoms with E-state index in [9.17, 15) is 0 Å². The average Bonchev–Trinajstić information content (AvgIpc) is 2.74. The van der Waals surface area contributed by atoms with Crippen LogP contribution < -0.4 is 5.32 Å². The molecule has 0 aromatic carbocycles. The Hall–Kier alpha value is -0.490. The van der Waals surface area contributed by atoms with Gasteiger partial charge in [0, 0.05) is 23.7 Å². The molecule has 2 rings (SSSR count). The first-order chi connectivity index (χ1) is 6.85. The van der Waals surface area contributed by atoms with Crippen molar-refractivity contribution in [2.24, 2.45) is 0 Å². The summed E-state index contributed by atoms with van der Waals surface area (Å²) in [6.45, 7) is 5.35. The van der Waals surface area contributed by atoms with E-state index in [-0.39, 0.29) is 0 Å². The molecule has 1 aliphatic heterocycles. The number of alkyl halides is 1. The quantitative estimate of drug-likeness (QED) is 0.671. The second-order valence-electron chi connectivity index (χ2n) is 2.98. The van der Waals surface area contributed by atoms with Gasteiger partial charge in [0.25, 0.3) is 0 Å². The zero-order chi connectivity index (χ0) is 9.97. The van der Waals surface area contributed by atoms with Gasteiger partial charge in [-0.2, -0.15) is 0 Å². The number of anilines is 1. The monoisotopic (exact) mass is 274 g/mol. The number of hydrogen-bond acceptors (Lipinski definition) is 4. The highest BCUT2D eigenvalue weighted by Crippen LogP contribution is 2.33. The van der Waals surface area contributed by atoms with Crippen LogP contribution in [0.1, 0.15) is 0 Å². The minimum absolute atomic E-state index is 0.574. The van der Waals surface area contributed by atoms with E-state index in [2.05, 4.69) is 42.6 Å². The lowest BCUT2D eigenvalue weighted by atomic mass is 10.5. The van der Waals surface area contributed by atoms with Gasteiger partial charge in [-0.3, -0.25) is 4.57 Å². The predicted octanol–water partition coefficient (Wildman–Crippen LogP) is 1.75. The fraction of sp³-hybridized carbons (Fsp3) is 0.500. The van der Waals surface area contributed by atoms with Gasteiger partial charge in [-0.05, 0) is 0 Å². The first-order valence-electron chi connectivity index (χ1n) is 4.35. The topological polar surface area (TPSA) is 42.7 Å². The molecule has 1 N–H and O–H groups in total. The third kappa shape index (κ3) is 1.81. The number of hydrogen-bond donors (Lipinski definition) is 1. The fourth-order valence-corrected chi connectivity index (χ4v) is 2.87. The average molecular weight is 275 g/mol. The van der Waals surface area contributed by atoms with Crippen molar-refractivity contribution in [1.82, 2.24) is 14.8 Å². The molecule has 0 spiro atoms. The van der Waals surface area contributed by atoms with E-state index in [0.717, 1.165) is 29.5 Å². The van der Waals surface area contributed by atoms with Gasteiger partial charge >= 0.3 is 0 Å². The standard InChI is InChI=1S/C8H11BrN4S/c1-2-3-10-7-11-12-8-13(7)5-6(4-9)14-8/h2,6H,1,3-5H2,(H,10,11)/t6-/m1/s1. The second-order valence-corrected chi connectivity index (χ2v) is 4.90. The normalized spacial score (nSPS) is 19.4. The summed E-state index contributed by atoms with van der Waals surface area (Å²) in [6.07, 6.45) is 1.81. The molecular formula is C8H11BrN4S. The summed E-state index contributed by atoms with van der Waals surface area (Å²) in [4.78, 5) is 0. The van der Waals surface area contributed by atoms with Crippen LogP contribution in [0.15, 0.2) is 17.8 Å². The van der Waals surface area contributed by atoms with Crippen LogP contribution in [-0.2, 0) is 6.54 Å². The van der Waals surface area contributed by atoms with Gasteiger partial charge in [0.15, 0.2) is 5.16 Å². The third-order valence-corrected chi connectivity index (χ3v) is 4.32. The highest BCUT2D eigenvalue weighted by Gasteiger charge is 2.25. The Labute approximate surface area is 95.3 Å². The van der Waals surface area contributed by atoms with Gasteiger partial charge < -0.3 is 5.32 Å². The maximum atomic E-state index is 4.11. The zero-order valence-electron chi connectivity index (χ0n) is 7.61. The van der Waals surface area contributed by atoms with Crippen LogP contribution in [0.4, 0.5) is 5.95 Å². The Bertz CT molecular complexity index is 338. The summed E-state index contributed by atoms with van der Waals surface area (Å²) < 4.78 is 2.11. The van der Waals surface area contributed by atoms with E-state index >= 15 is 0 Å². The van der Waals surface area contributed by atoms with E-state index in [1.54, 1.807) is 11.8 Å². The summed E-state index contributed by atoms with van der Waals surface area (Å²) >= 11 is 5.25. The maximum Gasteiger partial charge on any atom is 0.225 e. The molecule has 2 heterocycles. The van der Waals surface area contributed by atoms with Crippen molar-refractivity contribution in [2.45, 2.75) is 17.0 Å². The number of thioether (sulfide) groups is 1. The minimum Gasteiger partial charge on any atom is -0.351 e. The van der Waals surface area contributed by atoms with Crippen LogP contribution in [-0.4, -0.2) is 31.9 Å². The van der Waals surface area contributed by atoms with Crippen LogP contribution in [0, 0.1) is 0 Å². The lowest BCUT2D eigenvalue weighted by molar-refractivity contribution is 0.678. The van der Waals surface area contributed by atoms with Gasteiger partial charge in [0.2, 0.25) is 5.95 Å². The molecule has 76 valence electrons. The maximum absolute atomic E-state index is 4.11. The molecule has 0 saturated carbocycles. The number of aromatic nitrogens is 3. The molecule has 0 unspecified atom stereocenters. The van der Waals surface area contributed by atoms with Crippen LogP contribution >= 0.6 is 27.7 Å². The Morgan fingerprint density at radius 1 is 1.71 bits per heavy atom. The van der Waals surface area contributed by atoms with Crippen molar-refractivity contribution in [1.29, 1.82) is 0 Å². The summed E-state index contributed by atoms with van der Waals surface area (Å²) in [6, 6.07) is 0. The summed E-state index contributed by atoms with van der Waals surface area (Å²) in [7, 11) is 0. The van der Waals surface area contributed by atoms with Crippen molar-refractivity contribution in [3.8, 4) is 0 Å². The Morgan fingerprint density at radius 3 is 3.29 bits per heavy atom. The van der Waals surface area contributed by atoms with Crippen molar-refractivity contribution in [2.75, 3.05) is 17.2 Å².